The Hall–Kier alpha value is -1.46. The highest BCUT2D eigenvalue weighted by Crippen LogP contribution is 2.41. The van der Waals surface area contributed by atoms with Crippen LogP contribution in [0.4, 0.5) is 0 Å². The fourth-order valence-corrected chi connectivity index (χ4v) is 3.75. The first-order valence-corrected chi connectivity index (χ1v) is 8.65. The molecule has 1 aromatic heterocycles. The Morgan fingerprint density at radius 2 is 1.91 bits per heavy atom. The van der Waals surface area contributed by atoms with E-state index in [9.17, 15) is 4.79 Å². The Kier molecular flexibility index (Phi) is 4.97. The number of hydrogen-bond acceptors (Lipinski definition) is 4. The van der Waals surface area contributed by atoms with Crippen LogP contribution in [0.15, 0.2) is 24.4 Å². The van der Waals surface area contributed by atoms with E-state index in [2.05, 4.69) is 39.8 Å². The Balaban J connectivity index is 1.53. The van der Waals surface area contributed by atoms with E-state index in [-0.39, 0.29) is 5.41 Å². The fourth-order valence-electron chi connectivity index (χ4n) is 3.75. The third-order valence-corrected chi connectivity index (χ3v) is 5.34. The minimum absolute atomic E-state index is 0.0765. The predicted octanol–water partition coefficient (Wildman–Crippen LogP) is 1.46. The molecule has 1 spiro atoms. The van der Waals surface area contributed by atoms with Crippen LogP contribution in [0.2, 0.25) is 0 Å². The summed E-state index contributed by atoms with van der Waals surface area (Å²) in [6.45, 7) is 5.66. The number of hydrogen-bond donors (Lipinski definition) is 0. The summed E-state index contributed by atoms with van der Waals surface area (Å²) in [6, 6.07) is 6.07. The van der Waals surface area contributed by atoms with Gasteiger partial charge in [0.2, 0.25) is 5.91 Å². The first kappa shape index (κ1) is 16.4. The zero-order valence-corrected chi connectivity index (χ0v) is 14.4. The van der Waals surface area contributed by atoms with Crippen LogP contribution in [-0.4, -0.2) is 72.4 Å². The van der Waals surface area contributed by atoms with E-state index < -0.39 is 0 Å². The lowest BCUT2D eigenvalue weighted by molar-refractivity contribution is -0.138. The minimum Gasteiger partial charge on any atom is -0.341 e. The summed E-state index contributed by atoms with van der Waals surface area (Å²) < 4.78 is 0. The average Bonchev–Trinajstić information content (AvgIpc) is 2.85. The van der Waals surface area contributed by atoms with Crippen molar-refractivity contribution in [3.63, 3.8) is 0 Å². The number of piperidine rings is 1. The maximum atomic E-state index is 12.8. The first-order chi connectivity index (χ1) is 11.1. The van der Waals surface area contributed by atoms with Crippen LogP contribution >= 0.6 is 0 Å². The van der Waals surface area contributed by atoms with Crippen molar-refractivity contribution in [3.05, 3.63) is 30.1 Å². The lowest BCUT2D eigenvalue weighted by Gasteiger charge is -2.37. The summed E-state index contributed by atoms with van der Waals surface area (Å²) in [5.74, 6) is 0.400. The number of carbonyl (C=O) groups excluding carboxylic acids is 1. The Morgan fingerprint density at radius 1 is 1.17 bits per heavy atom. The second kappa shape index (κ2) is 6.97. The molecule has 0 bridgehead atoms. The smallest absolute Gasteiger partial charge is 0.228 e. The van der Waals surface area contributed by atoms with Gasteiger partial charge in [-0.1, -0.05) is 6.07 Å². The van der Waals surface area contributed by atoms with Crippen LogP contribution < -0.4 is 0 Å². The molecule has 3 heterocycles. The normalized spacial score (nSPS) is 21.5. The van der Waals surface area contributed by atoms with Gasteiger partial charge in [0.05, 0.1) is 11.1 Å². The molecule has 0 N–H and O–H groups in total. The van der Waals surface area contributed by atoms with Crippen molar-refractivity contribution in [2.75, 3.05) is 46.8 Å². The molecule has 0 unspecified atom stereocenters. The van der Waals surface area contributed by atoms with Crippen molar-refractivity contribution < 1.29 is 4.79 Å². The lowest BCUT2D eigenvalue weighted by Crippen LogP contribution is -2.45. The van der Waals surface area contributed by atoms with Crippen molar-refractivity contribution >= 4 is 5.91 Å². The summed E-state index contributed by atoms with van der Waals surface area (Å²) in [5.41, 5.74) is 1.04. The molecule has 5 nitrogen and oxygen atoms in total. The average molecular weight is 316 g/mol. The summed E-state index contributed by atoms with van der Waals surface area (Å²) in [4.78, 5) is 23.9. The zero-order valence-electron chi connectivity index (χ0n) is 14.4. The maximum Gasteiger partial charge on any atom is 0.228 e. The molecule has 2 aliphatic rings. The van der Waals surface area contributed by atoms with Gasteiger partial charge in [0.25, 0.3) is 0 Å². The second-order valence-corrected chi connectivity index (χ2v) is 7.22. The van der Waals surface area contributed by atoms with E-state index in [4.69, 9.17) is 0 Å². The van der Waals surface area contributed by atoms with E-state index in [0.29, 0.717) is 5.91 Å². The van der Waals surface area contributed by atoms with Gasteiger partial charge < -0.3 is 9.80 Å². The SMILES string of the molecule is CN(C)CCN1CCC2(CCN(Cc3ccccn3)CC2)C1=O. The van der Waals surface area contributed by atoms with Crippen molar-refractivity contribution in [2.45, 2.75) is 25.8 Å². The molecule has 2 fully saturated rings. The van der Waals surface area contributed by atoms with E-state index in [1.165, 1.54) is 0 Å². The zero-order chi connectivity index (χ0) is 16.3. The topological polar surface area (TPSA) is 39.7 Å². The van der Waals surface area contributed by atoms with Crippen LogP contribution in [0.1, 0.15) is 25.0 Å². The van der Waals surface area contributed by atoms with Crippen molar-refractivity contribution in [1.82, 2.24) is 19.7 Å². The van der Waals surface area contributed by atoms with Gasteiger partial charge >= 0.3 is 0 Å². The van der Waals surface area contributed by atoms with Gasteiger partial charge in [-0.15, -0.1) is 0 Å². The Morgan fingerprint density at radius 3 is 2.57 bits per heavy atom. The summed E-state index contributed by atoms with van der Waals surface area (Å²) in [6.07, 6.45) is 4.88. The molecule has 0 atom stereocenters. The minimum atomic E-state index is -0.0765. The highest BCUT2D eigenvalue weighted by Gasteiger charge is 2.47. The fraction of sp³-hybridized carbons (Fsp3) is 0.667. The van der Waals surface area contributed by atoms with Gasteiger partial charge in [-0.25, -0.2) is 0 Å². The number of amides is 1. The number of nitrogens with zero attached hydrogens (tertiary/aromatic N) is 4. The number of likely N-dealkylation sites (tertiary alicyclic amines) is 2. The van der Waals surface area contributed by atoms with Crippen LogP contribution in [-0.2, 0) is 11.3 Å². The quantitative estimate of drug-likeness (QED) is 0.824. The molecule has 0 radical (unpaired) electrons. The van der Waals surface area contributed by atoms with Gasteiger partial charge in [0, 0.05) is 32.4 Å². The third kappa shape index (κ3) is 3.72. The maximum absolute atomic E-state index is 12.8. The van der Waals surface area contributed by atoms with E-state index in [0.717, 1.165) is 64.2 Å². The monoisotopic (exact) mass is 316 g/mol. The van der Waals surface area contributed by atoms with Gasteiger partial charge in [0.15, 0.2) is 0 Å². The molecule has 3 rings (SSSR count). The lowest BCUT2D eigenvalue weighted by atomic mass is 9.77. The van der Waals surface area contributed by atoms with Gasteiger partial charge in [-0.2, -0.15) is 0 Å². The molecule has 23 heavy (non-hydrogen) atoms. The molecule has 126 valence electrons. The summed E-state index contributed by atoms with van der Waals surface area (Å²) >= 11 is 0. The van der Waals surface area contributed by atoms with Crippen LogP contribution in [0.25, 0.3) is 0 Å². The van der Waals surface area contributed by atoms with Crippen LogP contribution in [0.5, 0.6) is 0 Å². The van der Waals surface area contributed by atoms with Gasteiger partial charge in [-0.3, -0.25) is 14.7 Å². The number of likely N-dealkylation sites (N-methyl/N-ethyl adjacent to an activating group) is 1. The molecular formula is C18H28N4O. The highest BCUT2D eigenvalue weighted by atomic mass is 16.2. The number of aromatic nitrogens is 1. The largest absolute Gasteiger partial charge is 0.341 e. The predicted molar refractivity (Wildman–Crippen MR) is 90.9 cm³/mol. The second-order valence-electron chi connectivity index (χ2n) is 7.22. The number of pyridine rings is 1. The van der Waals surface area contributed by atoms with Gasteiger partial charge in [0.1, 0.15) is 0 Å². The molecule has 1 amide bonds. The first-order valence-electron chi connectivity index (χ1n) is 8.65. The molecular weight excluding hydrogens is 288 g/mol. The van der Waals surface area contributed by atoms with E-state index >= 15 is 0 Å². The van der Waals surface area contributed by atoms with Crippen molar-refractivity contribution in [1.29, 1.82) is 0 Å². The molecule has 2 saturated heterocycles. The van der Waals surface area contributed by atoms with Crippen molar-refractivity contribution in [2.24, 2.45) is 5.41 Å². The number of carbonyl (C=O) groups is 1. The van der Waals surface area contributed by atoms with Crippen LogP contribution in [0, 0.1) is 5.41 Å². The Labute approximate surface area is 139 Å². The molecule has 5 heteroatoms. The molecule has 0 saturated carbocycles. The summed E-state index contributed by atoms with van der Waals surface area (Å²) in [5, 5.41) is 0. The molecule has 2 aliphatic heterocycles. The van der Waals surface area contributed by atoms with Crippen molar-refractivity contribution in [3.8, 4) is 0 Å². The van der Waals surface area contributed by atoms with Gasteiger partial charge in [-0.05, 0) is 58.6 Å². The third-order valence-electron chi connectivity index (χ3n) is 5.34. The number of rotatable bonds is 5. The van der Waals surface area contributed by atoms with E-state index in [1.807, 2.05) is 18.3 Å². The van der Waals surface area contributed by atoms with Crippen LogP contribution in [0.3, 0.4) is 0 Å². The highest BCUT2D eigenvalue weighted by molar-refractivity contribution is 5.85. The van der Waals surface area contributed by atoms with E-state index in [1.54, 1.807) is 0 Å². The molecule has 0 aromatic carbocycles. The standard InChI is InChI=1S/C18H28N4O/c1-20(2)13-14-22-12-8-18(17(22)23)6-10-21(11-7-18)15-16-5-3-4-9-19-16/h3-5,9H,6-8,10-15H2,1-2H3. The molecule has 0 aliphatic carbocycles. The Bertz CT molecular complexity index is 523. The molecule has 1 aromatic rings. The summed E-state index contributed by atoms with van der Waals surface area (Å²) in [7, 11) is 4.12.